The number of carbonyl (C=O) groups is 1. The first-order chi connectivity index (χ1) is 7.95. The number of aliphatic hydroxyl groups excluding tert-OH is 1. The van der Waals surface area contributed by atoms with Crippen molar-refractivity contribution in [2.24, 2.45) is 0 Å². The van der Waals surface area contributed by atoms with Crippen LogP contribution in [0.5, 0.6) is 5.75 Å². The highest BCUT2D eigenvalue weighted by Crippen LogP contribution is 2.26. The van der Waals surface area contributed by atoms with Gasteiger partial charge in [0.05, 0.1) is 12.0 Å². The Morgan fingerprint density at radius 2 is 2.24 bits per heavy atom. The Labute approximate surface area is 96.4 Å². The maximum absolute atomic E-state index is 10.9. The third kappa shape index (κ3) is 3.15. The molecule has 0 saturated carbocycles. The summed E-state index contributed by atoms with van der Waals surface area (Å²) in [5.74, 6) is -1.31. The molecule has 7 nitrogen and oxygen atoms in total. The SMILES string of the molecule is COC(=O)C(O)Cc1ccc([N+](=O)[O-])c(O)c1. The lowest BCUT2D eigenvalue weighted by Crippen LogP contribution is -2.24. The number of nitro benzene ring substituents is 1. The number of hydrogen-bond acceptors (Lipinski definition) is 6. The largest absolute Gasteiger partial charge is 0.502 e. The Bertz CT molecular complexity index is 444. The van der Waals surface area contributed by atoms with Crippen LogP contribution in [0.2, 0.25) is 0 Å². The zero-order valence-corrected chi connectivity index (χ0v) is 8.99. The minimum absolute atomic E-state index is 0.0851. The topological polar surface area (TPSA) is 110 Å². The van der Waals surface area contributed by atoms with Crippen LogP contribution in [0.1, 0.15) is 5.56 Å². The summed E-state index contributed by atoms with van der Waals surface area (Å²) in [5, 5.41) is 29.1. The van der Waals surface area contributed by atoms with Gasteiger partial charge in [0.1, 0.15) is 0 Å². The maximum atomic E-state index is 10.9. The number of aliphatic hydroxyl groups is 1. The van der Waals surface area contributed by atoms with Gasteiger partial charge in [-0.15, -0.1) is 0 Å². The van der Waals surface area contributed by atoms with E-state index in [2.05, 4.69) is 4.74 Å². The second-order valence-electron chi connectivity index (χ2n) is 3.32. The number of nitrogens with zero attached hydrogens (tertiary/aromatic N) is 1. The summed E-state index contributed by atoms with van der Waals surface area (Å²) in [7, 11) is 1.14. The van der Waals surface area contributed by atoms with Gasteiger partial charge in [0.15, 0.2) is 11.9 Å². The van der Waals surface area contributed by atoms with Crippen LogP contribution >= 0.6 is 0 Å². The minimum atomic E-state index is -1.36. The molecule has 0 bridgehead atoms. The van der Waals surface area contributed by atoms with E-state index in [1.54, 1.807) is 0 Å². The van der Waals surface area contributed by atoms with Crippen LogP contribution in [-0.4, -0.2) is 34.3 Å². The molecular weight excluding hydrogens is 230 g/mol. The van der Waals surface area contributed by atoms with E-state index in [0.29, 0.717) is 5.56 Å². The predicted molar refractivity (Wildman–Crippen MR) is 56.5 cm³/mol. The van der Waals surface area contributed by atoms with Crippen molar-refractivity contribution in [3.8, 4) is 5.75 Å². The average molecular weight is 241 g/mol. The Hall–Kier alpha value is -2.15. The molecule has 92 valence electrons. The smallest absolute Gasteiger partial charge is 0.335 e. The Morgan fingerprint density at radius 1 is 1.59 bits per heavy atom. The molecule has 0 aromatic heterocycles. The number of benzene rings is 1. The number of ether oxygens (including phenoxy) is 1. The monoisotopic (exact) mass is 241 g/mol. The van der Waals surface area contributed by atoms with E-state index >= 15 is 0 Å². The van der Waals surface area contributed by atoms with Crippen LogP contribution in [-0.2, 0) is 16.0 Å². The molecule has 1 atom stereocenters. The third-order valence-corrected chi connectivity index (χ3v) is 2.14. The molecule has 0 radical (unpaired) electrons. The van der Waals surface area contributed by atoms with Gasteiger partial charge in [-0.3, -0.25) is 10.1 Å². The van der Waals surface area contributed by atoms with Crippen molar-refractivity contribution in [3.05, 3.63) is 33.9 Å². The lowest BCUT2D eigenvalue weighted by molar-refractivity contribution is -0.385. The van der Waals surface area contributed by atoms with Crippen LogP contribution in [0.4, 0.5) is 5.69 Å². The number of methoxy groups -OCH3 is 1. The quantitative estimate of drug-likeness (QED) is 0.448. The summed E-state index contributed by atoms with van der Waals surface area (Å²) in [4.78, 5) is 20.6. The Kier molecular flexibility index (Phi) is 4.00. The number of carbonyl (C=O) groups excluding carboxylic acids is 1. The molecule has 0 amide bonds. The van der Waals surface area contributed by atoms with Crippen molar-refractivity contribution in [2.75, 3.05) is 7.11 Å². The number of hydrogen-bond donors (Lipinski definition) is 2. The molecule has 17 heavy (non-hydrogen) atoms. The van der Waals surface area contributed by atoms with Crippen molar-refractivity contribution in [1.82, 2.24) is 0 Å². The van der Waals surface area contributed by atoms with Crippen molar-refractivity contribution >= 4 is 11.7 Å². The maximum Gasteiger partial charge on any atom is 0.335 e. The highest BCUT2D eigenvalue weighted by atomic mass is 16.6. The van der Waals surface area contributed by atoms with Crippen molar-refractivity contribution in [2.45, 2.75) is 12.5 Å². The van der Waals surface area contributed by atoms with Crippen LogP contribution in [0.25, 0.3) is 0 Å². The van der Waals surface area contributed by atoms with Crippen molar-refractivity contribution in [3.63, 3.8) is 0 Å². The molecule has 0 aliphatic rings. The lowest BCUT2D eigenvalue weighted by Gasteiger charge is -2.08. The fraction of sp³-hybridized carbons (Fsp3) is 0.300. The van der Waals surface area contributed by atoms with E-state index in [1.807, 2.05) is 0 Å². The van der Waals surface area contributed by atoms with Gasteiger partial charge in [-0.05, 0) is 11.6 Å². The number of phenols is 1. The fourth-order valence-electron chi connectivity index (χ4n) is 1.29. The molecule has 0 saturated heterocycles. The molecule has 1 unspecified atom stereocenters. The summed E-state index contributed by atoms with van der Waals surface area (Å²) in [5.41, 5.74) is -0.0349. The standard InChI is InChI=1S/C10H11NO6/c1-17-10(14)9(13)5-6-2-3-7(11(15)16)8(12)4-6/h2-4,9,12-13H,5H2,1H3. The third-order valence-electron chi connectivity index (χ3n) is 2.14. The van der Waals surface area contributed by atoms with Crippen LogP contribution in [0.3, 0.4) is 0 Å². The summed E-state index contributed by atoms with van der Waals surface area (Å²) in [6.07, 6.45) is -1.45. The Morgan fingerprint density at radius 3 is 2.71 bits per heavy atom. The van der Waals surface area contributed by atoms with Crippen LogP contribution in [0, 0.1) is 10.1 Å². The van der Waals surface area contributed by atoms with E-state index in [-0.39, 0.29) is 6.42 Å². The minimum Gasteiger partial charge on any atom is -0.502 e. The highest BCUT2D eigenvalue weighted by molar-refractivity contribution is 5.74. The predicted octanol–water partition coefficient (Wildman–Crippen LogP) is 0.377. The molecule has 0 fully saturated rings. The molecule has 1 rings (SSSR count). The Balaban J connectivity index is 2.84. The van der Waals surface area contributed by atoms with Gasteiger partial charge in [-0.25, -0.2) is 4.79 Å². The van der Waals surface area contributed by atoms with Crippen molar-refractivity contribution < 1.29 is 24.7 Å². The zero-order valence-electron chi connectivity index (χ0n) is 8.99. The highest BCUT2D eigenvalue weighted by Gasteiger charge is 2.18. The first-order valence-corrected chi connectivity index (χ1v) is 4.68. The van der Waals surface area contributed by atoms with E-state index in [4.69, 9.17) is 0 Å². The van der Waals surface area contributed by atoms with Crippen LogP contribution in [0.15, 0.2) is 18.2 Å². The number of rotatable bonds is 4. The second kappa shape index (κ2) is 5.26. The van der Waals surface area contributed by atoms with Crippen LogP contribution < -0.4 is 0 Å². The average Bonchev–Trinajstić information content (AvgIpc) is 2.27. The molecule has 0 aliphatic heterocycles. The zero-order chi connectivity index (χ0) is 13.0. The molecule has 2 N–H and O–H groups in total. The molecular formula is C10H11NO6. The lowest BCUT2D eigenvalue weighted by atomic mass is 10.1. The molecule has 0 aliphatic carbocycles. The second-order valence-corrected chi connectivity index (χ2v) is 3.32. The molecule has 7 heteroatoms. The number of nitro groups is 1. The number of esters is 1. The summed E-state index contributed by atoms with van der Waals surface area (Å²) in [6.45, 7) is 0. The molecule has 0 heterocycles. The normalized spacial score (nSPS) is 11.9. The number of phenolic OH excluding ortho intramolecular Hbond substituents is 1. The van der Waals surface area contributed by atoms with E-state index in [0.717, 1.165) is 19.2 Å². The van der Waals surface area contributed by atoms with Gasteiger partial charge in [0.25, 0.3) is 0 Å². The van der Waals surface area contributed by atoms with E-state index < -0.39 is 28.4 Å². The molecule has 1 aromatic rings. The first-order valence-electron chi connectivity index (χ1n) is 4.68. The van der Waals surface area contributed by atoms with E-state index in [9.17, 15) is 25.1 Å². The van der Waals surface area contributed by atoms with Gasteiger partial charge >= 0.3 is 11.7 Å². The fourth-order valence-corrected chi connectivity index (χ4v) is 1.29. The van der Waals surface area contributed by atoms with Gasteiger partial charge in [-0.1, -0.05) is 6.07 Å². The van der Waals surface area contributed by atoms with Gasteiger partial charge in [0, 0.05) is 12.5 Å². The van der Waals surface area contributed by atoms with E-state index in [1.165, 1.54) is 6.07 Å². The first kappa shape index (κ1) is 12.9. The van der Waals surface area contributed by atoms with Crippen molar-refractivity contribution in [1.29, 1.82) is 0 Å². The molecule has 0 spiro atoms. The summed E-state index contributed by atoms with van der Waals surface area (Å²) < 4.78 is 4.32. The summed E-state index contributed by atoms with van der Waals surface area (Å²) >= 11 is 0. The van der Waals surface area contributed by atoms with Gasteiger partial charge < -0.3 is 14.9 Å². The molecule has 1 aromatic carbocycles. The number of aromatic hydroxyl groups is 1. The summed E-state index contributed by atoms with van der Waals surface area (Å²) in [6, 6.07) is 3.59. The van der Waals surface area contributed by atoms with Gasteiger partial charge in [0.2, 0.25) is 0 Å². The van der Waals surface area contributed by atoms with Gasteiger partial charge in [-0.2, -0.15) is 0 Å².